The summed E-state index contributed by atoms with van der Waals surface area (Å²) in [5.41, 5.74) is 1.21. The van der Waals surface area contributed by atoms with Crippen LogP contribution < -0.4 is 0 Å². The van der Waals surface area contributed by atoms with Crippen LogP contribution in [0.3, 0.4) is 0 Å². The highest BCUT2D eigenvalue weighted by Gasteiger charge is 2.17. The molecule has 1 aromatic heterocycles. The Balaban J connectivity index is 2.58. The SMILES string of the molecule is CC1C=Cc2cc(Br)oc21. The van der Waals surface area contributed by atoms with Gasteiger partial charge in [-0.2, -0.15) is 0 Å². The standard InChI is InChI=1S/C8H7BrO/c1-5-2-3-6-4-7(9)10-8(5)6/h2-5H,1H3. The van der Waals surface area contributed by atoms with Crippen molar-refractivity contribution >= 4 is 22.0 Å². The third-order valence-corrected chi connectivity index (χ3v) is 2.13. The summed E-state index contributed by atoms with van der Waals surface area (Å²) in [7, 11) is 0. The minimum absolute atomic E-state index is 0.446. The molecule has 1 aliphatic carbocycles. The van der Waals surface area contributed by atoms with Crippen LogP contribution in [0.15, 0.2) is 21.2 Å². The summed E-state index contributed by atoms with van der Waals surface area (Å²) in [5.74, 6) is 1.52. The van der Waals surface area contributed by atoms with E-state index in [9.17, 15) is 0 Å². The highest BCUT2D eigenvalue weighted by atomic mass is 79.9. The lowest BCUT2D eigenvalue weighted by Gasteiger charge is -1.94. The second kappa shape index (κ2) is 1.99. The first kappa shape index (κ1) is 6.23. The summed E-state index contributed by atoms with van der Waals surface area (Å²) in [5, 5.41) is 0. The molecule has 52 valence electrons. The Bertz CT molecular complexity index is 285. The molecule has 2 rings (SSSR count). The van der Waals surface area contributed by atoms with Gasteiger partial charge in [-0.15, -0.1) is 0 Å². The number of halogens is 1. The van der Waals surface area contributed by atoms with Crippen LogP contribution in [0, 0.1) is 0 Å². The number of fused-ring (bicyclic) bond motifs is 1. The zero-order chi connectivity index (χ0) is 7.14. The van der Waals surface area contributed by atoms with E-state index >= 15 is 0 Å². The molecular weight excluding hydrogens is 192 g/mol. The molecule has 1 aromatic rings. The first-order chi connectivity index (χ1) is 4.77. The Morgan fingerprint density at radius 2 is 2.40 bits per heavy atom. The van der Waals surface area contributed by atoms with Crippen LogP contribution in [0.25, 0.3) is 6.08 Å². The maximum atomic E-state index is 5.39. The minimum atomic E-state index is 0.446. The topological polar surface area (TPSA) is 13.1 Å². The summed E-state index contributed by atoms with van der Waals surface area (Å²) in [6.07, 6.45) is 4.23. The predicted octanol–water partition coefficient (Wildman–Crippen LogP) is 3.17. The van der Waals surface area contributed by atoms with Crippen molar-refractivity contribution in [1.29, 1.82) is 0 Å². The van der Waals surface area contributed by atoms with Gasteiger partial charge < -0.3 is 4.42 Å². The minimum Gasteiger partial charge on any atom is -0.453 e. The van der Waals surface area contributed by atoms with Crippen LogP contribution in [-0.4, -0.2) is 0 Å². The van der Waals surface area contributed by atoms with Gasteiger partial charge in [0, 0.05) is 11.5 Å². The van der Waals surface area contributed by atoms with Crippen molar-refractivity contribution in [3.8, 4) is 0 Å². The molecule has 0 N–H and O–H groups in total. The van der Waals surface area contributed by atoms with Gasteiger partial charge in [0.2, 0.25) is 0 Å². The van der Waals surface area contributed by atoms with Crippen LogP contribution in [-0.2, 0) is 0 Å². The first-order valence-corrected chi connectivity index (χ1v) is 4.04. The van der Waals surface area contributed by atoms with Gasteiger partial charge in [0.15, 0.2) is 4.67 Å². The third-order valence-electron chi connectivity index (χ3n) is 1.74. The number of furan rings is 1. The fourth-order valence-electron chi connectivity index (χ4n) is 1.21. The lowest BCUT2D eigenvalue weighted by Crippen LogP contribution is -1.79. The zero-order valence-corrected chi connectivity index (χ0v) is 7.18. The molecule has 2 heteroatoms. The van der Waals surface area contributed by atoms with Crippen LogP contribution >= 0.6 is 15.9 Å². The Morgan fingerprint density at radius 3 is 3.10 bits per heavy atom. The molecule has 0 saturated heterocycles. The Labute approximate surface area is 67.9 Å². The number of hydrogen-bond acceptors (Lipinski definition) is 1. The molecule has 1 heterocycles. The molecule has 0 aliphatic heterocycles. The molecule has 1 unspecified atom stereocenters. The molecule has 10 heavy (non-hydrogen) atoms. The number of rotatable bonds is 0. The Morgan fingerprint density at radius 1 is 1.60 bits per heavy atom. The van der Waals surface area contributed by atoms with Crippen molar-refractivity contribution in [2.45, 2.75) is 12.8 Å². The van der Waals surface area contributed by atoms with Crippen LogP contribution in [0.5, 0.6) is 0 Å². The summed E-state index contributed by atoms with van der Waals surface area (Å²) < 4.78 is 6.22. The molecule has 0 saturated carbocycles. The smallest absolute Gasteiger partial charge is 0.170 e. The van der Waals surface area contributed by atoms with Crippen molar-refractivity contribution in [2.75, 3.05) is 0 Å². The molecule has 1 aliphatic rings. The van der Waals surface area contributed by atoms with Crippen molar-refractivity contribution < 1.29 is 4.42 Å². The van der Waals surface area contributed by atoms with E-state index in [0.29, 0.717) is 5.92 Å². The van der Waals surface area contributed by atoms with Gasteiger partial charge in [0.05, 0.1) is 0 Å². The fraction of sp³-hybridized carbons (Fsp3) is 0.250. The van der Waals surface area contributed by atoms with E-state index < -0.39 is 0 Å². The average molecular weight is 199 g/mol. The maximum absolute atomic E-state index is 5.39. The van der Waals surface area contributed by atoms with Gasteiger partial charge in [-0.05, 0) is 22.0 Å². The third kappa shape index (κ3) is 0.754. The molecule has 0 amide bonds. The van der Waals surface area contributed by atoms with E-state index in [4.69, 9.17) is 4.42 Å². The molecule has 0 radical (unpaired) electrons. The van der Waals surface area contributed by atoms with Crippen molar-refractivity contribution in [1.82, 2.24) is 0 Å². The second-order valence-corrected chi connectivity index (χ2v) is 3.30. The van der Waals surface area contributed by atoms with E-state index in [1.807, 2.05) is 6.07 Å². The number of allylic oxidation sites excluding steroid dienone is 1. The van der Waals surface area contributed by atoms with E-state index in [0.717, 1.165) is 10.4 Å². The number of hydrogen-bond donors (Lipinski definition) is 0. The molecule has 0 fully saturated rings. The summed E-state index contributed by atoms with van der Waals surface area (Å²) in [6.45, 7) is 2.12. The average Bonchev–Trinajstić information content (AvgIpc) is 2.35. The molecule has 0 bridgehead atoms. The highest BCUT2D eigenvalue weighted by Crippen LogP contribution is 2.33. The molecular formula is C8H7BrO. The lowest BCUT2D eigenvalue weighted by atomic mass is 10.2. The summed E-state index contributed by atoms with van der Waals surface area (Å²) in [4.78, 5) is 0. The zero-order valence-electron chi connectivity index (χ0n) is 5.60. The Hall–Kier alpha value is -0.500. The van der Waals surface area contributed by atoms with E-state index in [2.05, 4.69) is 35.0 Å². The van der Waals surface area contributed by atoms with Gasteiger partial charge in [-0.1, -0.05) is 19.1 Å². The quantitative estimate of drug-likeness (QED) is 0.625. The van der Waals surface area contributed by atoms with Crippen molar-refractivity contribution in [3.05, 3.63) is 28.1 Å². The van der Waals surface area contributed by atoms with Gasteiger partial charge in [-0.3, -0.25) is 0 Å². The van der Waals surface area contributed by atoms with E-state index in [1.165, 1.54) is 5.56 Å². The van der Waals surface area contributed by atoms with Crippen LogP contribution in [0.4, 0.5) is 0 Å². The normalized spacial score (nSPS) is 21.6. The van der Waals surface area contributed by atoms with E-state index in [1.54, 1.807) is 0 Å². The molecule has 0 aromatic carbocycles. The van der Waals surface area contributed by atoms with Crippen LogP contribution in [0.2, 0.25) is 0 Å². The van der Waals surface area contributed by atoms with Gasteiger partial charge in [0.25, 0.3) is 0 Å². The molecule has 1 atom stereocenters. The summed E-state index contributed by atoms with van der Waals surface area (Å²) >= 11 is 3.28. The van der Waals surface area contributed by atoms with Gasteiger partial charge >= 0.3 is 0 Å². The predicted molar refractivity (Wildman–Crippen MR) is 43.9 cm³/mol. The monoisotopic (exact) mass is 198 g/mol. The lowest BCUT2D eigenvalue weighted by molar-refractivity contribution is 0.481. The van der Waals surface area contributed by atoms with Crippen LogP contribution in [0.1, 0.15) is 24.2 Å². The highest BCUT2D eigenvalue weighted by molar-refractivity contribution is 9.10. The molecule has 1 nitrogen and oxygen atoms in total. The van der Waals surface area contributed by atoms with Gasteiger partial charge in [-0.25, -0.2) is 0 Å². The van der Waals surface area contributed by atoms with Gasteiger partial charge in [0.1, 0.15) is 5.76 Å². The largest absolute Gasteiger partial charge is 0.453 e. The molecule has 0 spiro atoms. The first-order valence-electron chi connectivity index (χ1n) is 3.25. The Kier molecular flexibility index (Phi) is 1.24. The maximum Gasteiger partial charge on any atom is 0.170 e. The van der Waals surface area contributed by atoms with Crippen molar-refractivity contribution in [2.24, 2.45) is 0 Å². The van der Waals surface area contributed by atoms with Crippen molar-refractivity contribution in [3.63, 3.8) is 0 Å². The summed E-state index contributed by atoms with van der Waals surface area (Å²) in [6, 6.07) is 2.00. The fourth-order valence-corrected chi connectivity index (χ4v) is 1.63. The van der Waals surface area contributed by atoms with E-state index in [-0.39, 0.29) is 0 Å². The second-order valence-electron chi connectivity index (χ2n) is 2.52.